The van der Waals surface area contributed by atoms with Crippen LogP contribution in [0.2, 0.25) is 0 Å². The molecular formula is C19H24BrN3O. The van der Waals surface area contributed by atoms with Crippen LogP contribution in [0.1, 0.15) is 25.3 Å². The van der Waals surface area contributed by atoms with E-state index in [2.05, 4.69) is 50.2 Å². The number of nitrogens with one attached hydrogen (secondary N) is 1. The summed E-state index contributed by atoms with van der Waals surface area (Å²) < 4.78 is 1.09. The molecule has 0 fully saturated rings. The van der Waals surface area contributed by atoms with Gasteiger partial charge in [0.05, 0.1) is 0 Å². The lowest BCUT2D eigenvalue weighted by molar-refractivity contribution is -0.121. The van der Waals surface area contributed by atoms with Crippen LogP contribution in [0.4, 0.5) is 5.69 Å². The third kappa shape index (κ3) is 6.32. The number of amides is 1. The monoisotopic (exact) mass is 389 g/mol. The molecule has 1 unspecified atom stereocenters. The molecule has 1 N–H and O–H groups in total. The lowest BCUT2D eigenvalue weighted by Crippen LogP contribution is -2.35. The van der Waals surface area contributed by atoms with E-state index in [1.54, 1.807) is 12.4 Å². The van der Waals surface area contributed by atoms with Gasteiger partial charge in [-0.2, -0.15) is 0 Å². The van der Waals surface area contributed by atoms with Gasteiger partial charge >= 0.3 is 0 Å². The molecule has 24 heavy (non-hydrogen) atoms. The number of rotatable bonds is 8. The zero-order valence-electron chi connectivity index (χ0n) is 14.2. The molecule has 1 heterocycles. The van der Waals surface area contributed by atoms with Crippen LogP contribution < -0.4 is 10.2 Å². The zero-order chi connectivity index (χ0) is 17.4. The summed E-state index contributed by atoms with van der Waals surface area (Å²) in [6.45, 7) is 2.75. The topological polar surface area (TPSA) is 45.2 Å². The maximum absolute atomic E-state index is 12.1. The maximum Gasteiger partial charge on any atom is 0.221 e. The van der Waals surface area contributed by atoms with Gasteiger partial charge in [0.1, 0.15) is 0 Å². The van der Waals surface area contributed by atoms with E-state index in [1.807, 2.05) is 31.3 Å². The van der Waals surface area contributed by atoms with Gasteiger partial charge < -0.3 is 10.2 Å². The fourth-order valence-electron chi connectivity index (χ4n) is 2.45. The molecule has 0 saturated carbocycles. The van der Waals surface area contributed by atoms with Gasteiger partial charge in [0.25, 0.3) is 0 Å². The van der Waals surface area contributed by atoms with Crippen LogP contribution in [-0.4, -0.2) is 30.5 Å². The van der Waals surface area contributed by atoms with Gasteiger partial charge in [0.2, 0.25) is 5.91 Å². The molecule has 128 valence electrons. The smallest absolute Gasteiger partial charge is 0.221 e. The molecule has 5 heteroatoms. The first-order chi connectivity index (χ1) is 11.5. The summed E-state index contributed by atoms with van der Waals surface area (Å²) >= 11 is 3.44. The van der Waals surface area contributed by atoms with Gasteiger partial charge in [-0.25, -0.2) is 0 Å². The second-order valence-electron chi connectivity index (χ2n) is 6.01. The molecule has 0 aliphatic heterocycles. The van der Waals surface area contributed by atoms with E-state index in [4.69, 9.17) is 0 Å². The third-order valence-corrected chi connectivity index (χ3v) is 4.49. The van der Waals surface area contributed by atoms with Crippen molar-refractivity contribution in [2.45, 2.75) is 32.2 Å². The van der Waals surface area contributed by atoms with Crippen molar-refractivity contribution in [1.29, 1.82) is 0 Å². The Morgan fingerprint density at radius 2 is 1.88 bits per heavy atom. The van der Waals surface area contributed by atoms with E-state index < -0.39 is 0 Å². The number of aryl methyl sites for hydroxylation is 1. The zero-order valence-corrected chi connectivity index (χ0v) is 15.8. The minimum absolute atomic E-state index is 0.0965. The Kier molecular flexibility index (Phi) is 7.25. The molecule has 1 atom stereocenters. The Balaban J connectivity index is 1.68. The SMILES string of the molecule is CC(CCc1ccc(Br)cc1)NC(=O)CCN(C)c1ccncc1. The number of halogens is 1. The summed E-state index contributed by atoms with van der Waals surface area (Å²) in [7, 11) is 1.99. The average Bonchev–Trinajstić information content (AvgIpc) is 2.60. The van der Waals surface area contributed by atoms with Crippen LogP contribution in [0.15, 0.2) is 53.3 Å². The van der Waals surface area contributed by atoms with Crippen molar-refractivity contribution in [1.82, 2.24) is 10.3 Å². The van der Waals surface area contributed by atoms with Gasteiger partial charge in [-0.1, -0.05) is 28.1 Å². The molecule has 0 radical (unpaired) electrons. The first kappa shape index (κ1) is 18.5. The Bertz CT molecular complexity index is 631. The fraction of sp³-hybridized carbons (Fsp3) is 0.368. The highest BCUT2D eigenvalue weighted by Gasteiger charge is 2.09. The van der Waals surface area contributed by atoms with Gasteiger partial charge in [0, 0.05) is 48.6 Å². The number of hydrogen-bond donors (Lipinski definition) is 1. The molecular weight excluding hydrogens is 366 g/mol. The summed E-state index contributed by atoms with van der Waals surface area (Å²) in [5.74, 6) is 0.0965. The van der Waals surface area contributed by atoms with E-state index in [0.29, 0.717) is 13.0 Å². The molecule has 0 bridgehead atoms. The van der Waals surface area contributed by atoms with Gasteiger partial charge in [-0.15, -0.1) is 0 Å². The summed E-state index contributed by atoms with van der Waals surface area (Å²) in [6, 6.07) is 12.4. The number of aromatic nitrogens is 1. The van der Waals surface area contributed by atoms with Crippen LogP contribution in [0.3, 0.4) is 0 Å². The first-order valence-corrected chi connectivity index (χ1v) is 8.99. The first-order valence-electron chi connectivity index (χ1n) is 8.19. The number of hydrogen-bond acceptors (Lipinski definition) is 3. The van der Waals surface area contributed by atoms with E-state index >= 15 is 0 Å². The predicted molar refractivity (Wildman–Crippen MR) is 102 cm³/mol. The van der Waals surface area contributed by atoms with Crippen molar-refractivity contribution in [2.75, 3.05) is 18.5 Å². The van der Waals surface area contributed by atoms with Crippen molar-refractivity contribution in [3.8, 4) is 0 Å². The predicted octanol–water partition coefficient (Wildman–Crippen LogP) is 3.81. The molecule has 1 aromatic carbocycles. The summed E-state index contributed by atoms with van der Waals surface area (Å²) in [5.41, 5.74) is 2.36. The highest BCUT2D eigenvalue weighted by atomic mass is 79.9. The number of carbonyl (C=O) groups is 1. The number of pyridine rings is 1. The molecule has 0 aliphatic rings. The second kappa shape index (κ2) is 9.42. The van der Waals surface area contributed by atoms with Crippen LogP contribution in [0.5, 0.6) is 0 Å². The quantitative estimate of drug-likeness (QED) is 0.746. The van der Waals surface area contributed by atoms with Crippen molar-refractivity contribution in [3.05, 3.63) is 58.8 Å². The van der Waals surface area contributed by atoms with E-state index in [9.17, 15) is 4.79 Å². The maximum atomic E-state index is 12.1. The van der Waals surface area contributed by atoms with E-state index in [1.165, 1.54) is 5.56 Å². The number of nitrogens with zero attached hydrogens (tertiary/aromatic N) is 2. The number of benzene rings is 1. The van der Waals surface area contributed by atoms with Crippen LogP contribution in [-0.2, 0) is 11.2 Å². The Morgan fingerprint density at radius 1 is 1.21 bits per heavy atom. The molecule has 4 nitrogen and oxygen atoms in total. The van der Waals surface area contributed by atoms with E-state index in [0.717, 1.165) is 23.0 Å². The van der Waals surface area contributed by atoms with Crippen molar-refractivity contribution >= 4 is 27.5 Å². The second-order valence-corrected chi connectivity index (χ2v) is 6.93. The molecule has 0 saturated heterocycles. The summed E-state index contributed by atoms with van der Waals surface area (Å²) in [5, 5.41) is 3.08. The molecule has 0 spiro atoms. The normalized spacial score (nSPS) is 11.8. The van der Waals surface area contributed by atoms with Crippen LogP contribution in [0, 0.1) is 0 Å². The lowest BCUT2D eigenvalue weighted by Gasteiger charge is -2.20. The fourth-order valence-corrected chi connectivity index (χ4v) is 2.71. The summed E-state index contributed by atoms with van der Waals surface area (Å²) in [6.07, 6.45) is 5.91. The highest BCUT2D eigenvalue weighted by molar-refractivity contribution is 9.10. The van der Waals surface area contributed by atoms with Gasteiger partial charge in [-0.05, 0) is 49.6 Å². The largest absolute Gasteiger partial charge is 0.374 e. The Hall–Kier alpha value is -1.88. The minimum Gasteiger partial charge on any atom is -0.374 e. The number of carbonyl (C=O) groups excluding carboxylic acids is 1. The van der Waals surface area contributed by atoms with Gasteiger partial charge in [0.15, 0.2) is 0 Å². The summed E-state index contributed by atoms with van der Waals surface area (Å²) in [4.78, 5) is 18.2. The standard InChI is InChI=1S/C19H24BrN3O/c1-15(3-4-16-5-7-17(20)8-6-16)22-19(24)11-14-23(2)18-9-12-21-13-10-18/h5-10,12-13,15H,3-4,11,14H2,1-2H3,(H,22,24). The molecule has 2 aromatic rings. The third-order valence-electron chi connectivity index (χ3n) is 3.96. The lowest BCUT2D eigenvalue weighted by atomic mass is 10.1. The van der Waals surface area contributed by atoms with Crippen molar-refractivity contribution in [2.24, 2.45) is 0 Å². The number of anilines is 1. The molecule has 0 aliphatic carbocycles. The van der Waals surface area contributed by atoms with Crippen LogP contribution in [0.25, 0.3) is 0 Å². The highest BCUT2D eigenvalue weighted by Crippen LogP contribution is 2.13. The Morgan fingerprint density at radius 3 is 2.54 bits per heavy atom. The Labute approximate surface area is 152 Å². The molecule has 2 rings (SSSR count). The minimum atomic E-state index is 0.0965. The molecule has 1 aromatic heterocycles. The van der Waals surface area contributed by atoms with Crippen LogP contribution >= 0.6 is 15.9 Å². The van der Waals surface area contributed by atoms with E-state index in [-0.39, 0.29) is 11.9 Å². The van der Waals surface area contributed by atoms with Gasteiger partial charge in [-0.3, -0.25) is 9.78 Å². The molecule has 1 amide bonds. The average molecular weight is 390 g/mol. The van der Waals surface area contributed by atoms with Crippen molar-refractivity contribution < 1.29 is 4.79 Å². The van der Waals surface area contributed by atoms with Crippen molar-refractivity contribution in [3.63, 3.8) is 0 Å².